The summed E-state index contributed by atoms with van der Waals surface area (Å²) in [6.45, 7) is 18.9. The van der Waals surface area contributed by atoms with Crippen LogP contribution in [0.3, 0.4) is 0 Å². The summed E-state index contributed by atoms with van der Waals surface area (Å²) in [5.41, 5.74) is 1.40. The van der Waals surface area contributed by atoms with Crippen LogP contribution in [0.2, 0.25) is 0 Å². The lowest BCUT2D eigenvalue weighted by Gasteiger charge is -2.72. The van der Waals surface area contributed by atoms with Gasteiger partial charge in [-0.3, -0.25) is 4.79 Å². The van der Waals surface area contributed by atoms with E-state index in [0.717, 1.165) is 44.9 Å². The summed E-state index contributed by atoms with van der Waals surface area (Å²) < 4.78 is 0. The first-order chi connectivity index (χ1) is 15.2. The van der Waals surface area contributed by atoms with E-state index in [2.05, 4.69) is 48.1 Å². The molecule has 5 saturated carbocycles. The number of carboxylic acid groups (broad SMARTS) is 1. The normalized spacial score (nSPS) is 55.0. The molecule has 0 aromatic heterocycles. The van der Waals surface area contributed by atoms with Gasteiger partial charge in [-0.2, -0.15) is 0 Å². The number of carboxylic acids is 1. The fraction of sp³-hybridized carbons (Fsp3) is 0.900. The fourth-order valence-corrected chi connectivity index (χ4v) is 11.8. The predicted molar refractivity (Wildman–Crippen MR) is 133 cm³/mol. The summed E-state index contributed by atoms with van der Waals surface area (Å²) in [5, 5.41) is 21.5. The van der Waals surface area contributed by atoms with Gasteiger partial charge in [-0.05, 0) is 122 Å². The van der Waals surface area contributed by atoms with Gasteiger partial charge in [0.1, 0.15) is 0 Å². The average molecular weight is 457 g/mol. The predicted octanol–water partition coefficient (Wildman–Crippen LogP) is 7.09. The van der Waals surface area contributed by atoms with E-state index in [4.69, 9.17) is 0 Å². The molecule has 0 aromatic rings. The van der Waals surface area contributed by atoms with Crippen LogP contribution in [0.4, 0.5) is 0 Å². The third-order valence-corrected chi connectivity index (χ3v) is 13.1. The molecule has 186 valence electrons. The van der Waals surface area contributed by atoms with Crippen molar-refractivity contribution in [3.8, 4) is 0 Å². The van der Waals surface area contributed by atoms with Crippen LogP contribution >= 0.6 is 0 Å². The number of hydrogen-bond acceptors (Lipinski definition) is 2. The molecule has 33 heavy (non-hydrogen) atoms. The molecular formula is C30H48O3. The molecule has 0 bridgehead atoms. The lowest BCUT2D eigenvalue weighted by atomic mass is 9.32. The molecule has 5 aliphatic carbocycles. The van der Waals surface area contributed by atoms with Crippen LogP contribution in [-0.4, -0.2) is 22.3 Å². The van der Waals surface area contributed by atoms with Crippen LogP contribution in [0.1, 0.15) is 106 Å². The third kappa shape index (κ3) is 2.87. The molecule has 0 heterocycles. The largest absolute Gasteiger partial charge is 0.481 e. The molecule has 0 amide bonds. The Morgan fingerprint density at radius 2 is 1.55 bits per heavy atom. The number of aliphatic carboxylic acids is 1. The Morgan fingerprint density at radius 3 is 2.18 bits per heavy atom. The first kappa shape index (κ1) is 23.9. The van der Waals surface area contributed by atoms with Crippen molar-refractivity contribution in [2.45, 2.75) is 112 Å². The van der Waals surface area contributed by atoms with Crippen LogP contribution in [0.5, 0.6) is 0 Å². The topological polar surface area (TPSA) is 57.5 Å². The van der Waals surface area contributed by atoms with Crippen LogP contribution in [0.25, 0.3) is 0 Å². The zero-order chi connectivity index (χ0) is 24.2. The Labute approximate surface area is 201 Å². The molecule has 10 atom stereocenters. The number of allylic oxidation sites excluding steroid dienone is 1. The highest BCUT2D eigenvalue weighted by molar-refractivity contribution is 5.76. The minimum Gasteiger partial charge on any atom is -0.481 e. The van der Waals surface area contributed by atoms with Crippen molar-refractivity contribution in [2.75, 3.05) is 0 Å². The molecule has 0 saturated heterocycles. The van der Waals surface area contributed by atoms with Crippen LogP contribution in [0, 0.1) is 56.7 Å². The minimum absolute atomic E-state index is 0.165. The van der Waals surface area contributed by atoms with Gasteiger partial charge in [-0.1, -0.05) is 46.8 Å². The van der Waals surface area contributed by atoms with Crippen molar-refractivity contribution < 1.29 is 15.0 Å². The van der Waals surface area contributed by atoms with E-state index < -0.39 is 11.4 Å². The molecular weight excluding hydrogens is 408 g/mol. The number of rotatable bonds is 2. The molecule has 0 aromatic carbocycles. The third-order valence-electron chi connectivity index (χ3n) is 13.1. The first-order valence-electron chi connectivity index (χ1n) is 13.8. The van der Waals surface area contributed by atoms with Crippen LogP contribution in [-0.2, 0) is 4.79 Å². The van der Waals surface area contributed by atoms with Gasteiger partial charge in [-0.25, -0.2) is 0 Å². The summed E-state index contributed by atoms with van der Waals surface area (Å²) in [6, 6.07) is 0. The van der Waals surface area contributed by atoms with E-state index in [0.29, 0.717) is 23.7 Å². The van der Waals surface area contributed by atoms with Gasteiger partial charge in [0.15, 0.2) is 0 Å². The van der Waals surface area contributed by atoms with Gasteiger partial charge in [-0.15, -0.1) is 0 Å². The molecule has 5 rings (SSSR count). The zero-order valence-electron chi connectivity index (χ0n) is 22.0. The maximum absolute atomic E-state index is 12.8. The van der Waals surface area contributed by atoms with Crippen LogP contribution in [0.15, 0.2) is 12.2 Å². The molecule has 2 N–H and O–H groups in total. The van der Waals surface area contributed by atoms with Gasteiger partial charge in [0.2, 0.25) is 0 Å². The highest BCUT2D eigenvalue weighted by Crippen LogP contribution is 2.77. The van der Waals surface area contributed by atoms with Gasteiger partial charge in [0.25, 0.3) is 0 Å². The van der Waals surface area contributed by atoms with Gasteiger partial charge in [0, 0.05) is 0 Å². The Kier molecular flexibility index (Phi) is 5.15. The van der Waals surface area contributed by atoms with E-state index in [9.17, 15) is 15.0 Å². The van der Waals surface area contributed by atoms with Crippen molar-refractivity contribution in [1.82, 2.24) is 0 Å². The second-order valence-electron chi connectivity index (χ2n) is 14.7. The molecule has 10 unspecified atom stereocenters. The highest BCUT2D eigenvalue weighted by atomic mass is 16.4. The van der Waals surface area contributed by atoms with Crippen LogP contribution < -0.4 is 0 Å². The smallest absolute Gasteiger partial charge is 0.309 e. The summed E-state index contributed by atoms with van der Waals surface area (Å²) in [7, 11) is 0. The lowest BCUT2D eigenvalue weighted by molar-refractivity contribution is -0.246. The quantitative estimate of drug-likeness (QED) is 0.436. The van der Waals surface area contributed by atoms with Crippen molar-refractivity contribution in [1.29, 1.82) is 0 Å². The van der Waals surface area contributed by atoms with Crippen molar-refractivity contribution in [3.05, 3.63) is 12.2 Å². The Hall–Kier alpha value is -0.830. The highest BCUT2D eigenvalue weighted by Gasteiger charge is 2.71. The lowest BCUT2D eigenvalue weighted by Crippen LogP contribution is -2.66. The minimum atomic E-state index is -0.543. The van der Waals surface area contributed by atoms with E-state index in [1.54, 1.807) is 0 Å². The molecule has 3 nitrogen and oxygen atoms in total. The van der Waals surface area contributed by atoms with Gasteiger partial charge < -0.3 is 10.2 Å². The number of hydrogen-bond donors (Lipinski definition) is 2. The molecule has 0 radical (unpaired) electrons. The van der Waals surface area contributed by atoms with Gasteiger partial charge in [0.05, 0.1) is 11.5 Å². The molecule has 5 aliphatic rings. The Balaban J connectivity index is 1.58. The average Bonchev–Trinajstić information content (AvgIpc) is 3.08. The number of fused-ring (bicyclic) bond motifs is 7. The standard InChI is InChI=1S/C30H48O3/c1-18(2)20-10-13-30(25(32)33)15-14-28(6)21(24(20)30)8-9-23-27(5)17-19(31)16-26(3,4)22(27)11-12-29(23,28)7/h19-24,31H,1,8-17H2,2-7H3,(H,32,33). The summed E-state index contributed by atoms with van der Waals surface area (Å²) in [4.78, 5) is 12.8. The van der Waals surface area contributed by atoms with E-state index >= 15 is 0 Å². The summed E-state index contributed by atoms with van der Waals surface area (Å²) >= 11 is 0. The van der Waals surface area contributed by atoms with Gasteiger partial charge >= 0.3 is 5.97 Å². The van der Waals surface area contributed by atoms with Crippen molar-refractivity contribution in [3.63, 3.8) is 0 Å². The number of aliphatic hydroxyl groups is 1. The number of aliphatic hydroxyl groups excluding tert-OH is 1. The van der Waals surface area contributed by atoms with Crippen molar-refractivity contribution >= 4 is 5.97 Å². The fourth-order valence-electron chi connectivity index (χ4n) is 11.8. The summed E-state index contributed by atoms with van der Waals surface area (Å²) in [5.74, 6) is 1.80. The maximum Gasteiger partial charge on any atom is 0.309 e. The Bertz CT molecular complexity index is 861. The SMILES string of the molecule is C=C(C)C1CCC2(C(=O)O)CCC3(C)C(CCC4C5(C)CC(O)CC(C)(C)C5CCC43C)C12. The molecule has 0 spiro atoms. The summed E-state index contributed by atoms with van der Waals surface area (Å²) in [6.07, 6.45) is 10.3. The maximum atomic E-state index is 12.8. The second kappa shape index (κ2) is 7.11. The van der Waals surface area contributed by atoms with E-state index in [-0.39, 0.29) is 33.7 Å². The molecule has 5 fully saturated rings. The second-order valence-corrected chi connectivity index (χ2v) is 14.7. The molecule has 0 aliphatic heterocycles. The first-order valence-corrected chi connectivity index (χ1v) is 13.8. The Morgan fingerprint density at radius 1 is 0.848 bits per heavy atom. The van der Waals surface area contributed by atoms with E-state index in [1.165, 1.54) is 24.8 Å². The zero-order valence-corrected chi connectivity index (χ0v) is 22.0. The van der Waals surface area contributed by atoms with E-state index in [1.807, 2.05) is 0 Å². The van der Waals surface area contributed by atoms with Crippen molar-refractivity contribution in [2.24, 2.45) is 56.7 Å². The molecule has 3 heteroatoms. The number of carbonyl (C=O) groups is 1. The monoisotopic (exact) mass is 456 g/mol.